The minimum absolute atomic E-state index is 0.0821. The first-order valence-electron chi connectivity index (χ1n) is 7.20. The molecule has 1 aliphatic rings. The molecule has 2 nitrogen and oxygen atoms in total. The summed E-state index contributed by atoms with van der Waals surface area (Å²) in [5, 5.41) is 4.41. The molecule has 0 aliphatic carbocycles. The Kier molecular flexibility index (Phi) is 4.88. The van der Waals surface area contributed by atoms with Gasteiger partial charge in [0.2, 0.25) is 0 Å². The molecule has 2 rings (SSSR count). The summed E-state index contributed by atoms with van der Waals surface area (Å²) in [4.78, 5) is 0. The van der Waals surface area contributed by atoms with E-state index in [4.69, 9.17) is 16.3 Å². The number of rotatable bonds is 3. The highest BCUT2D eigenvalue weighted by Gasteiger charge is 2.34. The molecule has 0 spiro atoms. The van der Waals surface area contributed by atoms with Gasteiger partial charge in [0, 0.05) is 23.0 Å². The van der Waals surface area contributed by atoms with Crippen LogP contribution in [-0.2, 0) is 4.74 Å². The Labute approximate surface area is 121 Å². The first-order valence-corrected chi connectivity index (χ1v) is 7.58. The van der Waals surface area contributed by atoms with Crippen LogP contribution in [0.1, 0.15) is 45.3 Å². The molecule has 0 bridgehead atoms. The molecule has 0 aromatic heterocycles. The smallest absolute Gasteiger partial charge is 0.0975 e. The third-order valence-electron chi connectivity index (χ3n) is 4.50. The largest absolute Gasteiger partial charge is 0.371 e. The van der Waals surface area contributed by atoms with Crippen LogP contribution in [0.3, 0.4) is 0 Å². The lowest BCUT2D eigenvalue weighted by atomic mass is 9.83. The quantitative estimate of drug-likeness (QED) is 0.897. The molecule has 2 unspecified atom stereocenters. The monoisotopic (exact) mass is 281 g/mol. The van der Waals surface area contributed by atoms with Crippen molar-refractivity contribution in [3.63, 3.8) is 0 Å². The Hall–Kier alpha value is -0.570. The van der Waals surface area contributed by atoms with Crippen molar-refractivity contribution in [3.05, 3.63) is 34.9 Å². The van der Waals surface area contributed by atoms with Gasteiger partial charge >= 0.3 is 0 Å². The van der Waals surface area contributed by atoms with Gasteiger partial charge in [0.1, 0.15) is 0 Å². The molecule has 19 heavy (non-hydrogen) atoms. The van der Waals surface area contributed by atoms with Crippen molar-refractivity contribution in [1.29, 1.82) is 0 Å². The van der Waals surface area contributed by atoms with E-state index in [2.05, 4.69) is 32.2 Å². The third kappa shape index (κ3) is 3.31. The van der Waals surface area contributed by atoms with Crippen molar-refractivity contribution in [3.8, 4) is 0 Å². The molecule has 1 fully saturated rings. The van der Waals surface area contributed by atoms with E-state index in [0.29, 0.717) is 6.04 Å². The highest BCUT2D eigenvalue weighted by atomic mass is 35.5. The zero-order valence-corrected chi connectivity index (χ0v) is 12.8. The fraction of sp³-hybridized carbons (Fsp3) is 0.625. The molecule has 0 radical (unpaired) electrons. The van der Waals surface area contributed by atoms with Crippen molar-refractivity contribution in [2.75, 3.05) is 13.2 Å². The highest BCUT2D eigenvalue weighted by Crippen LogP contribution is 2.34. The molecule has 106 valence electrons. The van der Waals surface area contributed by atoms with Crippen LogP contribution in [-0.4, -0.2) is 19.2 Å². The van der Waals surface area contributed by atoms with E-state index in [1.165, 1.54) is 0 Å². The first-order chi connectivity index (χ1) is 9.10. The summed E-state index contributed by atoms with van der Waals surface area (Å²) in [5.74, 6) is 0. The molecule has 3 heteroatoms. The van der Waals surface area contributed by atoms with Crippen molar-refractivity contribution in [2.45, 2.75) is 45.8 Å². The summed E-state index contributed by atoms with van der Waals surface area (Å²) >= 11 is 6.09. The van der Waals surface area contributed by atoms with Crippen LogP contribution in [0.25, 0.3) is 0 Å². The van der Waals surface area contributed by atoms with Crippen LogP contribution in [0.5, 0.6) is 0 Å². The maximum Gasteiger partial charge on any atom is 0.0975 e. The molecule has 1 aromatic rings. The third-order valence-corrected chi connectivity index (χ3v) is 4.73. The van der Waals surface area contributed by atoms with Gasteiger partial charge in [-0.1, -0.05) is 37.6 Å². The topological polar surface area (TPSA) is 21.3 Å². The van der Waals surface area contributed by atoms with Gasteiger partial charge in [0.25, 0.3) is 0 Å². The van der Waals surface area contributed by atoms with Crippen molar-refractivity contribution >= 4 is 11.6 Å². The Bertz CT molecular complexity index is 417. The number of benzene rings is 1. The summed E-state index contributed by atoms with van der Waals surface area (Å²) in [7, 11) is 0. The van der Waals surface area contributed by atoms with E-state index in [1.807, 2.05) is 18.2 Å². The van der Waals surface area contributed by atoms with Gasteiger partial charge in [-0.3, -0.25) is 0 Å². The molecule has 0 amide bonds. The Morgan fingerprint density at radius 2 is 2.11 bits per heavy atom. The van der Waals surface area contributed by atoms with Gasteiger partial charge in [-0.25, -0.2) is 0 Å². The predicted molar refractivity (Wildman–Crippen MR) is 80.6 cm³/mol. The lowest BCUT2D eigenvalue weighted by Crippen LogP contribution is -2.37. The lowest BCUT2D eigenvalue weighted by Gasteiger charge is -2.29. The van der Waals surface area contributed by atoms with Crippen LogP contribution in [0.4, 0.5) is 0 Å². The van der Waals surface area contributed by atoms with E-state index in [1.54, 1.807) is 0 Å². The molecule has 1 aliphatic heterocycles. The zero-order chi connectivity index (χ0) is 13.9. The molecule has 1 saturated heterocycles. The fourth-order valence-electron chi connectivity index (χ4n) is 2.72. The van der Waals surface area contributed by atoms with Gasteiger partial charge in [-0.15, -0.1) is 0 Å². The van der Waals surface area contributed by atoms with E-state index < -0.39 is 0 Å². The second-order valence-electron chi connectivity index (χ2n) is 5.66. The minimum Gasteiger partial charge on any atom is -0.371 e. The van der Waals surface area contributed by atoms with Crippen LogP contribution in [0.2, 0.25) is 5.02 Å². The van der Waals surface area contributed by atoms with Gasteiger partial charge in [0.15, 0.2) is 0 Å². The SMILES string of the molecule is CCC1(CC)CNC(C)C(c2cccc(Cl)c2)OC1. The van der Waals surface area contributed by atoms with Crippen molar-refractivity contribution < 1.29 is 4.74 Å². The molecular formula is C16H24ClNO. The number of ether oxygens (including phenoxy) is 1. The van der Waals surface area contributed by atoms with Crippen molar-refractivity contribution in [2.24, 2.45) is 5.41 Å². The average Bonchev–Trinajstić information content (AvgIpc) is 2.59. The molecule has 0 saturated carbocycles. The standard InChI is InChI=1S/C16H24ClNO/c1-4-16(5-2)10-18-12(3)15(19-11-16)13-7-6-8-14(17)9-13/h6-9,12,15,18H,4-5,10-11H2,1-3H3. The summed E-state index contributed by atoms with van der Waals surface area (Å²) in [5.41, 5.74) is 1.43. The summed E-state index contributed by atoms with van der Waals surface area (Å²) < 4.78 is 6.23. The minimum atomic E-state index is 0.0821. The predicted octanol–water partition coefficient (Wildman–Crippen LogP) is 4.20. The van der Waals surface area contributed by atoms with E-state index in [-0.39, 0.29) is 11.5 Å². The number of halogens is 1. The first kappa shape index (κ1) is 14.8. The Morgan fingerprint density at radius 1 is 1.37 bits per heavy atom. The summed E-state index contributed by atoms with van der Waals surface area (Å²) in [6.07, 6.45) is 2.37. The molecule has 2 atom stereocenters. The number of hydrogen-bond donors (Lipinski definition) is 1. The van der Waals surface area contributed by atoms with Crippen LogP contribution >= 0.6 is 11.6 Å². The number of nitrogens with one attached hydrogen (secondary N) is 1. The van der Waals surface area contributed by atoms with Gasteiger partial charge in [-0.05, 0) is 37.5 Å². The average molecular weight is 282 g/mol. The Balaban J connectivity index is 2.19. The second kappa shape index (κ2) is 6.25. The maximum absolute atomic E-state index is 6.23. The van der Waals surface area contributed by atoms with E-state index in [0.717, 1.165) is 36.6 Å². The van der Waals surface area contributed by atoms with Crippen LogP contribution < -0.4 is 5.32 Å². The van der Waals surface area contributed by atoms with E-state index >= 15 is 0 Å². The molecule has 1 N–H and O–H groups in total. The molecular weight excluding hydrogens is 258 g/mol. The van der Waals surface area contributed by atoms with Gasteiger partial charge < -0.3 is 10.1 Å². The van der Waals surface area contributed by atoms with Gasteiger partial charge in [-0.2, -0.15) is 0 Å². The van der Waals surface area contributed by atoms with E-state index in [9.17, 15) is 0 Å². The van der Waals surface area contributed by atoms with Crippen LogP contribution in [0, 0.1) is 5.41 Å². The molecule has 1 heterocycles. The summed E-state index contributed by atoms with van der Waals surface area (Å²) in [6.45, 7) is 8.53. The number of hydrogen-bond acceptors (Lipinski definition) is 2. The molecule has 1 aromatic carbocycles. The zero-order valence-electron chi connectivity index (χ0n) is 12.1. The van der Waals surface area contributed by atoms with Crippen LogP contribution in [0.15, 0.2) is 24.3 Å². The lowest BCUT2D eigenvalue weighted by molar-refractivity contribution is -0.000537. The maximum atomic E-state index is 6.23. The highest BCUT2D eigenvalue weighted by molar-refractivity contribution is 6.30. The second-order valence-corrected chi connectivity index (χ2v) is 6.10. The van der Waals surface area contributed by atoms with Crippen molar-refractivity contribution in [1.82, 2.24) is 5.32 Å². The Morgan fingerprint density at radius 3 is 2.74 bits per heavy atom. The van der Waals surface area contributed by atoms with Gasteiger partial charge in [0.05, 0.1) is 12.7 Å². The fourth-order valence-corrected chi connectivity index (χ4v) is 2.92. The normalized spacial score (nSPS) is 26.9. The summed E-state index contributed by atoms with van der Waals surface area (Å²) in [6, 6.07) is 8.31.